The van der Waals surface area contributed by atoms with Crippen molar-refractivity contribution in [3.05, 3.63) is 71.6 Å². The molecule has 27 heavy (non-hydrogen) atoms. The fourth-order valence-electron chi connectivity index (χ4n) is 3.21. The van der Waals surface area contributed by atoms with E-state index in [1.54, 1.807) is 0 Å². The molecule has 3 aromatic rings. The fraction of sp³-hybridized carbons (Fsp3) is 0.318. The first-order valence-corrected chi connectivity index (χ1v) is 9.43. The van der Waals surface area contributed by atoms with Crippen LogP contribution in [-0.2, 0) is 11.2 Å². The van der Waals surface area contributed by atoms with E-state index < -0.39 is 0 Å². The molecule has 1 unspecified atom stereocenters. The summed E-state index contributed by atoms with van der Waals surface area (Å²) in [6, 6.07) is 18.3. The van der Waals surface area contributed by atoms with Crippen LogP contribution in [0.25, 0.3) is 11.4 Å². The number of carbonyl (C=O) groups is 1. The second-order valence-corrected chi connectivity index (χ2v) is 7.17. The largest absolute Gasteiger partial charge is 0.349 e. The Morgan fingerprint density at radius 2 is 1.89 bits per heavy atom. The Kier molecular flexibility index (Phi) is 5.01. The zero-order chi connectivity index (χ0) is 18.6. The van der Waals surface area contributed by atoms with Gasteiger partial charge in [-0.2, -0.15) is 4.98 Å². The van der Waals surface area contributed by atoms with Crippen LogP contribution in [0.5, 0.6) is 0 Å². The van der Waals surface area contributed by atoms with Crippen molar-refractivity contribution >= 4 is 5.91 Å². The van der Waals surface area contributed by atoms with Crippen molar-refractivity contribution in [2.45, 2.75) is 38.6 Å². The second-order valence-electron chi connectivity index (χ2n) is 7.17. The zero-order valence-electron chi connectivity index (χ0n) is 15.4. The first-order chi connectivity index (χ1) is 13.2. The zero-order valence-corrected chi connectivity index (χ0v) is 15.4. The molecule has 0 bridgehead atoms. The predicted molar refractivity (Wildman–Crippen MR) is 103 cm³/mol. The summed E-state index contributed by atoms with van der Waals surface area (Å²) in [6.07, 6.45) is 3.12. The average molecular weight is 361 g/mol. The molecule has 5 nitrogen and oxygen atoms in total. The van der Waals surface area contributed by atoms with Gasteiger partial charge in [0.15, 0.2) is 0 Å². The third-order valence-electron chi connectivity index (χ3n) is 4.91. The summed E-state index contributed by atoms with van der Waals surface area (Å²) in [4.78, 5) is 16.9. The highest BCUT2D eigenvalue weighted by atomic mass is 16.5. The normalized spacial score (nSPS) is 14.7. The monoisotopic (exact) mass is 361 g/mol. The first kappa shape index (κ1) is 17.5. The summed E-state index contributed by atoms with van der Waals surface area (Å²) in [7, 11) is 0. The van der Waals surface area contributed by atoms with Gasteiger partial charge in [0.25, 0.3) is 0 Å². The van der Waals surface area contributed by atoms with Gasteiger partial charge in [-0.15, -0.1) is 0 Å². The van der Waals surface area contributed by atoms with Gasteiger partial charge in [-0.1, -0.05) is 65.3 Å². The highest BCUT2D eigenvalue weighted by Crippen LogP contribution is 2.40. The third-order valence-corrected chi connectivity index (χ3v) is 4.91. The van der Waals surface area contributed by atoms with E-state index in [-0.39, 0.29) is 11.9 Å². The van der Waals surface area contributed by atoms with Crippen LogP contribution in [0.2, 0.25) is 0 Å². The number of hydrogen-bond donors (Lipinski definition) is 1. The van der Waals surface area contributed by atoms with Crippen LogP contribution in [0.3, 0.4) is 0 Å². The van der Waals surface area contributed by atoms with Gasteiger partial charge in [0.2, 0.25) is 17.6 Å². The molecule has 1 fully saturated rings. The molecule has 0 saturated heterocycles. The van der Waals surface area contributed by atoms with Gasteiger partial charge in [0.1, 0.15) is 0 Å². The molecule has 1 N–H and O–H groups in total. The van der Waals surface area contributed by atoms with Crippen molar-refractivity contribution in [3.63, 3.8) is 0 Å². The molecule has 1 atom stereocenters. The molecule has 2 aromatic carbocycles. The molecule has 1 aromatic heterocycles. The highest BCUT2D eigenvalue weighted by Gasteiger charge is 2.33. The minimum Gasteiger partial charge on any atom is -0.349 e. The molecule has 1 aliphatic carbocycles. The molecule has 1 aliphatic rings. The number of amides is 1. The third kappa shape index (κ3) is 4.42. The van der Waals surface area contributed by atoms with E-state index in [1.807, 2.05) is 49.4 Å². The van der Waals surface area contributed by atoms with E-state index in [2.05, 4.69) is 27.6 Å². The van der Waals surface area contributed by atoms with Gasteiger partial charge < -0.3 is 9.84 Å². The first-order valence-electron chi connectivity index (χ1n) is 9.43. The predicted octanol–water partition coefficient (Wildman–Crippen LogP) is 4.25. The lowest BCUT2D eigenvalue weighted by molar-refractivity contribution is -0.122. The van der Waals surface area contributed by atoms with Crippen molar-refractivity contribution in [1.29, 1.82) is 0 Å². The van der Waals surface area contributed by atoms with Gasteiger partial charge in [0, 0.05) is 18.4 Å². The minimum absolute atomic E-state index is 0.0193. The molecule has 5 heteroatoms. The number of nitrogens with zero attached hydrogens (tertiary/aromatic N) is 2. The topological polar surface area (TPSA) is 68.0 Å². The van der Waals surface area contributed by atoms with Crippen molar-refractivity contribution in [2.24, 2.45) is 5.92 Å². The maximum atomic E-state index is 12.4. The molecule has 0 radical (unpaired) electrons. The van der Waals surface area contributed by atoms with Crippen LogP contribution < -0.4 is 5.32 Å². The van der Waals surface area contributed by atoms with E-state index in [0.29, 0.717) is 30.5 Å². The van der Waals surface area contributed by atoms with Crippen molar-refractivity contribution in [1.82, 2.24) is 15.5 Å². The Hall–Kier alpha value is -2.95. The van der Waals surface area contributed by atoms with Gasteiger partial charge in [-0.25, -0.2) is 0 Å². The molecule has 1 heterocycles. The Morgan fingerprint density at radius 3 is 2.59 bits per heavy atom. The lowest BCUT2D eigenvalue weighted by Crippen LogP contribution is -2.30. The van der Waals surface area contributed by atoms with E-state index in [0.717, 1.165) is 5.56 Å². The molecular weight excluding hydrogens is 338 g/mol. The molecule has 0 spiro atoms. The number of hydrogen-bond acceptors (Lipinski definition) is 4. The summed E-state index contributed by atoms with van der Waals surface area (Å²) >= 11 is 0. The van der Waals surface area contributed by atoms with E-state index in [1.165, 1.54) is 24.0 Å². The Labute approximate surface area is 158 Å². The number of carbonyl (C=O) groups excluding carboxylic acids is 1. The number of aromatic nitrogens is 2. The van der Waals surface area contributed by atoms with Crippen LogP contribution in [0, 0.1) is 12.8 Å². The van der Waals surface area contributed by atoms with Gasteiger partial charge in [-0.05, 0) is 31.2 Å². The summed E-state index contributed by atoms with van der Waals surface area (Å²) in [6.45, 7) is 2.04. The van der Waals surface area contributed by atoms with Gasteiger partial charge >= 0.3 is 0 Å². The number of aryl methyl sites for hydroxylation is 2. The molecule has 1 saturated carbocycles. The smallest absolute Gasteiger partial charge is 0.227 e. The van der Waals surface area contributed by atoms with Crippen LogP contribution in [0.15, 0.2) is 59.1 Å². The lowest BCUT2D eigenvalue weighted by atomic mass is 10.0. The second kappa shape index (κ2) is 7.74. The van der Waals surface area contributed by atoms with E-state index in [9.17, 15) is 4.79 Å². The van der Waals surface area contributed by atoms with Crippen molar-refractivity contribution in [3.8, 4) is 11.4 Å². The molecule has 4 rings (SSSR count). The Morgan fingerprint density at radius 1 is 1.15 bits per heavy atom. The molecule has 1 amide bonds. The molecular formula is C22H23N3O2. The van der Waals surface area contributed by atoms with Crippen molar-refractivity contribution < 1.29 is 9.32 Å². The molecule has 0 aliphatic heterocycles. The summed E-state index contributed by atoms with van der Waals surface area (Å²) in [5.74, 6) is 1.62. The van der Waals surface area contributed by atoms with E-state index in [4.69, 9.17) is 4.52 Å². The average Bonchev–Trinajstić information content (AvgIpc) is 3.43. The number of benzene rings is 2. The SMILES string of the molecule is Cc1ccc(-c2noc(CCC(=O)NC(c3ccccc3)C3CC3)n2)cc1. The standard InChI is InChI=1S/C22H23N3O2/c1-15-7-9-18(10-8-15)22-24-20(27-25-22)14-13-19(26)23-21(17-11-12-17)16-5-3-2-4-6-16/h2-10,17,21H,11-14H2,1H3,(H,23,26). The maximum Gasteiger partial charge on any atom is 0.227 e. The summed E-state index contributed by atoms with van der Waals surface area (Å²) in [5.41, 5.74) is 3.27. The molecule has 138 valence electrons. The summed E-state index contributed by atoms with van der Waals surface area (Å²) in [5, 5.41) is 7.20. The maximum absolute atomic E-state index is 12.4. The number of nitrogens with one attached hydrogen (secondary N) is 1. The lowest BCUT2D eigenvalue weighted by Gasteiger charge is -2.18. The summed E-state index contributed by atoms with van der Waals surface area (Å²) < 4.78 is 5.31. The Balaban J connectivity index is 1.34. The number of rotatable bonds is 7. The van der Waals surface area contributed by atoms with Crippen LogP contribution >= 0.6 is 0 Å². The van der Waals surface area contributed by atoms with Crippen LogP contribution in [0.4, 0.5) is 0 Å². The Bertz CT molecular complexity index is 899. The van der Waals surface area contributed by atoms with Crippen molar-refractivity contribution in [2.75, 3.05) is 0 Å². The minimum atomic E-state index is 0.0193. The fourth-order valence-corrected chi connectivity index (χ4v) is 3.21. The van der Waals surface area contributed by atoms with Crippen LogP contribution in [0.1, 0.15) is 42.3 Å². The van der Waals surface area contributed by atoms with Crippen LogP contribution in [-0.4, -0.2) is 16.0 Å². The van der Waals surface area contributed by atoms with Gasteiger partial charge in [0.05, 0.1) is 6.04 Å². The quantitative estimate of drug-likeness (QED) is 0.683. The highest BCUT2D eigenvalue weighted by molar-refractivity contribution is 5.76. The van der Waals surface area contributed by atoms with E-state index >= 15 is 0 Å². The van der Waals surface area contributed by atoms with Gasteiger partial charge in [-0.3, -0.25) is 4.79 Å².